The molecule has 0 aliphatic carbocycles. The maximum absolute atomic E-state index is 11.6. The lowest BCUT2D eigenvalue weighted by Crippen LogP contribution is -2.18. The van der Waals surface area contributed by atoms with E-state index < -0.39 is 0 Å². The zero-order valence-corrected chi connectivity index (χ0v) is 10.8. The summed E-state index contributed by atoms with van der Waals surface area (Å²) in [6.45, 7) is 4.38. The second-order valence-corrected chi connectivity index (χ2v) is 4.56. The number of hydrogen-bond donors (Lipinski definition) is 2. The van der Waals surface area contributed by atoms with Gasteiger partial charge in [0.05, 0.1) is 5.69 Å². The average molecular weight is 250 g/mol. The van der Waals surface area contributed by atoms with Crippen LogP contribution in [0.1, 0.15) is 6.42 Å². The third-order valence-corrected chi connectivity index (χ3v) is 3.19. The molecule has 1 aromatic carbocycles. The van der Waals surface area contributed by atoms with E-state index in [1.165, 1.54) is 0 Å². The number of amides is 1. The number of benzene rings is 1. The van der Waals surface area contributed by atoms with Gasteiger partial charge >= 0.3 is 0 Å². The summed E-state index contributed by atoms with van der Waals surface area (Å²) in [6, 6.07) is 7.81. The fraction of sp³-hybridized carbons (Fsp3) is 0.308. The molecule has 0 atom stereocenters. The first-order valence-corrected chi connectivity index (χ1v) is 6.53. The molecule has 0 heterocycles. The zero-order valence-electron chi connectivity index (χ0n) is 10.0. The highest BCUT2D eigenvalue weighted by molar-refractivity contribution is 7.99. The number of hydrogen-bond acceptors (Lipinski definition) is 3. The van der Waals surface area contributed by atoms with Crippen LogP contribution in [0.2, 0.25) is 0 Å². The Hall–Kier alpha value is -1.26. The summed E-state index contributed by atoms with van der Waals surface area (Å²) in [7, 11) is 1.83. The summed E-state index contributed by atoms with van der Waals surface area (Å²) in [5.74, 6) is 0.870. The first-order chi connectivity index (χ1) is 8.27. The Kier molecular flexibility index (Phi) is 6.43. The summed E-state index contributed by atoms with van der Waals surface area (Å²) in [4.78, 5) is 12.7. The molecule has 0 saturated carbocycles. The summed E-state index contributed by atoms with van der Waals surface area (Å²) >= 11 is 1.66. The Balaban J connectivity index is 2.62. The number of rotatable bonds is 7. The first kappa shape index (κ1) is 13.8. The lowest BCUT2D eigenvalue weighted by molar-refractivity contribution is -0.116. The first-order valence-electron chi connectivity index (χ1n) is 5.55. The molecular weight excluding hydrogens is 232 g/mol. The molecule has 4 heteroatoms. The molecule has 0 bridgehead atoms. The Morgan fingerprint density at radius 2 is 2.24 bits per heavy atom. The van der Waals surface area contributed by atoms with Crippen molar-refractivity contribution in [2.24, 2.45) is 0 Å². The number of nitrogens with one attached hydrogen (secondary N) is 2. The lowest BCUT2D eigenvalue weighted by Gasteiger charge is -2.09. The van der Waals surface area contributed by atoms with Gasteiger partial charge in [-0.25, -0.2) is 0 Å². The molecule has 92 valence electrons. The van der Waals surface area contributed by atoms with Gasteiger partial charge in [-0.05, 0) is 19.2 Å². The van der Waals surface area contributed by atoms with Crippen LogP contribution in [0.4, 0.5) is 5.69 Å². The Bertz CT molecular complexity index is 379. The van der Waals surface area contributed by atoms with Crippen molar-refractivity contribution in [2.75, 3.05) is 24.7 Å². The second kappa shape index (κ2) is 7.92. The molecule has 0 fully saturated rings. The summed E-state index contributed by atoms with van der Waals surface area (Å²) in [5, 5.41) is 5.87. The standard InChI is InChI=1S/C13H18N2OS/c1-3-10-17-12-7-5-4-6-11(12)15-13(16)8-9-14-2/h3-7,14H,1,8-10H2,2H3,(H,15,16). The largest absolute Gasteiger partial charge is 0.325 e. The van der Waals surface area contributed by atoms with Crippen molar-refractivity contribution in [3.05, 3.63) is 36.9 Å². The molecular formula is C13H18N2OS. The van der Waals surface area contributed by atoms with Crippen LogP contribution >= 0.6 is 11.8 Å². The second-order valence-electron chi connectivity index (χ2n) is 3.50. The van der Waals surface area contributed by atoms with E-state index in [1.54, 1.807) is 11.8 Å². The van der Waals surface area contributed by atoms with E-state index in [4.69, 9.17) is 0 Å². The molecule has 0 aliphatic heterocycles. The molecule has 17 heavy (non-hydrogen) atoms. The fourth-order valence-corrected chi connectivity index (χ4v) is 2.04. The summed E-state index contributed by atoms with van der Waals surface area (Å²) in [5.41, 5.74) is 0.875. The number of carbonyl (C=O) groups is 1. The molecule has 2 N–H and O–H groups in total. The van der Waals surface area contributed by atoms with Gasteiger partial charge in [0.15, 0.2) is 0 Å². The average Bonchev–Trinajstić information content (AvgIpc) is 2.35. The van der Waals surface area contributed by atoms with Crippen LogP contribution in [0.3, 0.4) is 0 Å². The fourth-order valence-electron chi connectivity index (χ4n) is 1.30. The smallest absolute Gasteiger partial charge is 0.225 e. The monoisotopic (exact) mass is 250 g/mol. The van der Waals surface area contributed by atoms with Crippen LogP contribution in [0.15, 0.2) is 41.8 Å². The minimum absolute atomic E-state index is 0.0333. The van der Waals surface area contributed by atoms with Crippen LogP contribution in [-0.4, -0.2) is 25.3 Å². The molecule has 1 rings (SSSR count). The molecule has 0 unspecified atom stereocenters. The molecule has 1 amide bonds. The maximum Gasteiger partial charge on any atom is 0.225 e. The van der Waals surface area contributed by atoms with Crippen molar-refractivity contribution >= 4 is 23.4 Å². The van der Waals surface area contributed by atoms with Crippen molar-refractivity contribution in [2.45, 2.75) is 11.3 Å². The molecule has 1 aromatic rings. The van der Waals surface area contributed by atoms with Gasteiger partial charge in [-0.1, -0.05) is 18.2 Å². The van der Waals surface area contributed by atoms with Crippen LogP contribution in [0.25, 0.3) is 0 Å². The van der Waals surface area contributed by atoms with Gasteiger partial charge in [0.1, 0.15) is 0 Å². The zero-order chi connectivity index (χ0) is 12.5. The highest BCUT2D eigenvalue weighted by Gasteiger charge is 2.05. The van der Waals surface area contributed by atoms with Gasteiger partial charge in [0, 0.05) is 23.6 Å². The summed E-state index contributed by atoms with van der Waals surface area (Å²) in [6.07, 6.45) is 2.33. The van der Waals surface area contributed by atoms with E-state index in [0.717, 1.165) is 16.3 Å². The van der Waals surface area contributed by atoms with Gasteiger partial charge in [0.25, 0.3) is 0 Å². The van der Waals surface area contributed by atoms with E-state index in [0.29, 0.717) is 13.0 Å². The van der Waals surface area contributed by atoms with Crippen molar-refractivity contribution in [1.82, 2.24) is 5.32 Å². The molecule has 0 radical (unpaired) electrons. The van der Waals surface area contributed by atoms with Gasteiger partial charge in [-0.3, -0.25) is 4.79 Å². The van der Waals surface area contributed by atoms with E-state index in [9.17, 15) is 4.79 Å². The van der Waals surface area contributed by atoms with Crippen molar-refractivity contribution in [3.63, 3.8) is 0 Å². The van der Waals surface area contributed by atoms with Gasteiger partial charge in [0.2, 0.25) is 5.91 Å². The predicted octanol–water partition coefficient (Wildman–Crippen LogP) is 2.51. The van der Waals surface area contributed by atoms with E-state index in [2.05, 4.69) is 17.2 Å². The van der Waals surface area contributed by atoms with E-state index in [-0.39, 0.29) is 5.91 Å². The Morgan fingerprint density at radius 1 is 1.47 bits per heavy atom. The number of carbonyl (C=O) groups excluding carboxylic acids is 1. The number of para-hydroxylation sites is 1. The van der Waals surface area contributed by atoms with Crippen LogP contribution in [0, 0.1) is 0 Å². The molecule has 0 aliphatic rings. The Labute approximate surface area is 107 Å². The number of anilines is 1. The lowest BCUT2D eigenvalue weighted by atomic mass is 10.3. The third kappa shape index (κ3) is 5.06. The third-order valence-electron chi connectivity index (χ3n) is 2.12. The minimum atomic E-state index is 0.0333. The predicted molar refractivity (Wildman–Crippen MR) is 74.5 cm³/mol. The molecule has 0 aromatic heterocycles. The van der Waals surface area contributed by atoms with Crippen LogP contribution in [-0.2, 0) is 4.79 Å². The topological polar surface area (TPSA) is 41.1 Å². The highest BCUT2D eigenvalue weighted by Crippen LogP contribution is 2.26. The van der Waals surface area contributed by atoms with Crippen molar-refractivity contribution in [1.29, 1.82) is 0 Å². The minimum Gasteiger partial charge on any atom is -0.325 e. The quantitative estimate of drug-likeness (QED) is 0.577. The molecule has 0 saturated heterocycles. The Morgan fingerprint density at radius 3 is 2.94 bits per heavy atom. The van der Waals surface area contributed by atoms with Gasteiger partial charge in [-0.2, -0.15) is 0 Å². The normalized spacial score (nSPS) is 9.94. The number of thioether (sulfide) groups is 1. The van der Waals surface area contributed by atoms with E-state index in [1.807, 2.05) is 37.4 Å². The van der Waals surface area contributed by atoms with Gasteiger partial charge in [-0.15, -0.1) is 18.3 Å². The van der Waals surface area contributed by atoms with Crippen molar-refractivity contribution in [3.8, 4) is 0 Å². The maximum atomic E-state index is 11.6. The molecule has 0 spiro atoms. The highest BCUT2D eigenvalue weighted by atomic mass is 32.2. The summed E-state index contributed by atoms with van der Waals surface area (Å²) < 4.78 is 0. The van der Waals surface area contributed by atoms with Crippen LogP contribution in [0.5, 0.6) is 0 Å². The molecule has 3 nitrogen and oxygen atoms in total. The van der Waals surface area contributed by atoms with Gasteiger partial charge < -0.3 is 10.6 Å². The van der Waals surface area contributed by atoms with E-state index >= 15 is 0 Å². The SMILES string of the molecule is C=CCSc1ccccc1NC(=O)CCNC. The van der Waals surface area contributed by atoms with Crippen molar-refractivity contribution < 1.29 is 4.79 Å². The van der Waals surface area contributed by atoms with Crippen LogP contribution < -0.4 is 10.6 Å².